The van der Waals surface area contributed by atoms with Crippen molar-refractivity contribution in [3.8, 4) is 0 Å². The molecule has 0 aliphatic carbocycles. The summed E-state index contributed by atoms with van der Waals surface area (Å²) in [6, 6.07) is 8.66. The molecular weight excluding hydrogens is 276 g/mol. The molecule has 0 saturated carbocycles. The van der Waals surface area contributed by atoms with Crippen molar-refractivity contribution in [1.29, 1.82) is 0 Å². The molecule has 0 spiro atoms. The fourth-order valence-electron chi connectivity index (χ4n) is 1.77. The van der Waals surface area contributed by atoms with E-state index in [1.54, 1.807) is 30.3 Å². The summed E-state index contributed by atoms with van der Waals surface area (Å²) in [5, 5.41) is 15.2. The van der Waals surface area contributed by atoms with Crippen molar-refractivity contribution in [3.63, 3.8) is 0 Å². The van der Waals surface area contributed by atoms with Crippen LogP contribution < -0.4 is 5.32 Å². The van der Waals surface area contributed by atoms with Crippen LogP contribution in [-0.4, -0.2) is 29.2 Å². The molecule has 1 amide bonds. The minimum absolute atomic E-state index is 0.00392. The quantitative estimate of drug-likeness (QED) is 0.833. The third-order valence-electron chi connectivity index (χ3n) is 2.73. The monoisotopic (exact) mass is 290 g/mol. The van der Waals surface area contributed by atoms with Gasteiger partial charge in [-0.3, -0.25) is 4.79 Å². The number of rotatable bonds is 6. The number of amides is 1. The van der Waals surface area contributed by atoms with Crippen LogP contribution in [-0.2, 0) is 16.1 Å². The Morgan fingerprint density at radius 2 is 2.10 bits per heavy atom. The van der Waals surface area contributed by atoms with Crippen LogP contribution in [0, 0.1) is 0 Å². The van der Waals surface area contributed by atoms with Gasteiger partial charge in [0.2, 0.25) is 0 Å². The van der Waals surface area contributed by atoms with Gasteiger partial charge < -0.3 is 19.7 Å². The number of nitrogens with one attached hydrogen (secondary N) is 1. The summed E-state index contributed by atoms with van der Waals surface area (Å²) in [4.78, 5) is 23.3. The highest BCUT2D eigenvalue weighted by molar-refractivity contribution is 5.95. The molecule has 1 unspecified atom stereocenters. The van der Waals surface area contributed by atoms with Crippen molar-refractivity contribution in [1.82, 2.24) is 10.5 Å². The maximum absolute atomic E-state index is 12.0. The van der Waals surface area contributed by atoms with E-state index in [0.29, 0.717) is 11.3 Å². The number of hydrogen-bond acceptors (Lipinski definition) is 5. The van der Waals surface area contributed by atoms with E-state index in [0.717, 1.165) is 0 Å². The predicted octanol–water partition coefficient (Wildman–Crippen LogP) is 1.38. The Kier molecular flexibility index (Phi) is 4.68. The molecule has 2 N–H and O–H groups in total. The summed E-state index contributed by atoms with van der Waals surface area (Å²) in [6.07, 6.45) is 0. The summed E-state index contributed by atoms with van der Waals surface area (Å²) in [6.45, 7) is 0.182. The molecule has 1 aromatic heterocycles. The van der Waals surface area contributed by atoms with Crippen molar-refractivity contribution in [3.05, 3.63) is 53.4 Å². The van der Waals surface area contributed by atoms with Gasteiger partial charge in [-0.2, -0.15) is 0 Å². The molecule has 0 radical (unpaired) electrons. The van der Waals surface area contributed by atoms with E-state index in [9.17, 15) is 14.7 Å². The number of aliphatic carboxylic acids is 1. The molecule has 1 atom stereocenters. The summed E-state index contributed by atoms with van der Waals surface area (Å²) < 4.78 is 9.74. The van der Waals surface area contributed by atoms with Gasteiger partial charge in [-0.05, 0) is 5.56 Å². The van der Waals surface area contributed by atoms with Crippen LogP contribution in [0.1, 0.15) is 27.9 Å². The maximum atomic E-state index is 12.0. The first-order valence-electron chi connectivity index (χ1n) is 6.15. The average molecular weight is 290 g/mol. The molecule has 0 aliphatic heterocycles. The zero-order valence-corrected chi connectivity index (χ0v) is 11.3. The first-order valence-corrected chi connectivity index (χ1v) is 6.15. The Morgan fingerprint density at radius 3 is 2.71 bits per heavy atom. The largest absolute Gasteiger partial charge is 0.479 e. The van der Waals surface area contributed by atoms with E-state index in [1.807, 2.05) is 0 Å². The molecule has 1 aromatic carbocycles. The fraction of sp³-hybridized carbons (Fsp3) is 0.214. The normalized spacial score (nSPS) is 11.9. The van der Waals surface area contributed by atoms with Crippen LogP contribution in [0.5, 0.6) is 0 Å². The number of ether oxygens (including phenoxy) is 1. The molecule has 7 heteroatoms. The van der Waals surface area contributed by atoms with Crippen LogP contribution >= 0.6 is 0 Å². The molecule has 2 aromatic rings. The molecule has 1 heterocycles. The van der Waals surface area contributed by atoms with Gasteiger partial charge >= 0.3 is 5.97 Å². The van der Waals surface area contributed by atoms with Crippen molar-refractivity contribution in [2.45, 2.75) is 12.6 Å². The molecule has 7 nitrogen and oxygen atoms in total. The van der Waals surface area contributed by atoms with Crippen molar-refractivity contribution in [2.75, 3.05) is 7.11 Å². The van der Waals surface area contributed by atoms with Crippen LogP contribution in [0.4, 0.5) is 0 Å². The van der Waals surface area contributed by atoms with Gasteiger partial charge in [0.05, 0.1) is 0 Å². The zero-order chi connectivity index (χ0) is 15.2. The van der Waals surface area contributed by atoms with Crippen LogP contribution in [0.3, 0.4) is 0 Å². The molecule has 0 saturated heterocycles. The number of nitrogens with zero attached hydrogens (tertiary/aromatic N) is 1. The van der Waals surface area contributed by atoms with Crippen molar-refractivity contribution < 1.29 is 24.0 Å². The first-order chi connectivity index (χ1) is 10.1. The van der Waals surface area contributed by atoms with E-state index in [-0.39, 0.29) is 12.3 Å². The van der Waals surface area contributed by atoms with Gasteiger partial charge in [0.15, 0.2) is 17.5 Å². The van der Waals surface area contributed by atoms with E-state index < -0.39 is 17.9 Å². The second-order valence-electron chi connectivity index (χ2n) is 4.27. The smallest absolute Gasteiger partial charge is 0.330 e. The Balaban J connectivity index is 2.13. The minimum Gasteiger partial charge on any atom is -0.479 e. The molecule has 2 rings (SSSR count). The zero-order valence-electron chi connectivity index (χ0n) is 11.3. The van der Waals surface area contributed by atoms with Crippen LogP contribution in [0.2, 0.25) is 0 Å². The van der Waals surface area contributed by atoms with Gasteiger partial charge in [-0.25, -0.2) is 4.79 Å². The van der Waals surface area contributed by atoms with E-state index >= 15 is 0 Å². The third kappa shape index (κ3) is 3.67. The second-order valence-corrected chi connectivity index (χ2v) is 4.27. The molecule has 0 bridgehead atoms. The molecule has 0 aliphatic rings. The van der Waals surface area contributed by atoms with Crippen LogP contribution in [0.15, 0.2) is 40.9 Å². The van der Waals surface area contributed by atoms with Gasteiger partial charge in [0.1, 0.15) is 6.61 Å². The Bertz CT molecular complexity index is 623. The Morgan fingerprint density at radius 1 is 1.38 bits per heavy atom. The number of carboxylic acid groups (broad SMARTS) is 1. The first kappa shape index (κ1) is 14.7. The SMILES string of the molecule is COCc1cc(C(=O)NC(C(=O)O)c2ccccc2)no1. The molecule has 110 valence electrons. The third-order valence-corrected chi connectivity index (χ3v) is 2.73. The van der Waals surface area contributed by atoms with Gasteiger partial charge in [0, 0.05) is 13.2 Å². The van der Waals surface area contributed by atoms with Crippen molar-refractivity contribution >= 4 is 11.9 Å². The maximum Gasteiger partial charge on any atom is 0.330 e. The number of methoxy groups -OCH3 is 1. The highest BCUT2D eigenvalue weighted by Gasteiger charge is 2.24. The lowest BCUT2D eigenvalue weighted by molar-refractivity contribution is -0.139. The van der Waals surface area contributed by atoms with Crippen LogP contribution in [0.25, 0.3) is 0 Å². The Hall–Kier alpha value is -2.67. The number of carboxylic acids is 1. The highest BCUT2D eigenvalue weighted by atomic mass is 16.5. The average Bonchev–Trinajstić information content (AvgIpc) is 2.94. The molecule has 0 fully saturated rings. The summed E-state index contributed by atoms with van der Waals surface area (Å²) in [7, 11) is 1.48. The number of benzene rings is 1. The van der Waals surface area contributed by atoms with E-state index in [2.05, 4.69) is 10.5 Å². The number of carbonyl (C=O) groups is 2. The number of aromatic nitrogens is 1. The van der Waals surface area contributed by atoms with E-state index in [1.165, 1.54) is 13.2 Å². The summed E-state index contributed by atoms with van der Waals surface area (Å²) in [5.74, 6) is -1.40. The number of carbonyl (C=O) groups excluding carboxylic acids is 1. The summed E-state index contributed by atoms with van der Waals surface area (Å²) >= 11 is 0. The topological polar surface area (TPSA) is 102 Å². The number of hydrogen-bond donors (Lipinski definition) is 2. The second kappa shape index (κ2) is 6.67. The van der Waals surface area contributed by atoms with E-state index in [4.69, 9.17) is 9.26 Å². The van der Waals surface area contributed by atoms with Gasteiger partial charge in [0.25, 0.3) is 5.91 Å². The molecular formula is C14H14N2O5. The lowest BCUT2D eigenvalue weighted by atomic mass is 10.1. The standard InChI is InChI=1S/C14H14N2O5/c1-20-8-10-7-11(16-21-10)13(17)15-12(14(18)19)9-5-3-2-4-6-9/h2-7,12H,8H2,1H3,(H,15,17)(H,18,19). The lowest BCUT2D eigenvalue weighted by Gasteiger charge is -2.13. The van der Waals surface area contributed by atoms with Crippen molar-refractivity contribution in [2.24, 2.45) is 0 Å². The van der Waals surface area contributed by atoms with Gasteiger partial charge in [-0.15, -0.1) is 0 Å². The lowest BCUT2D eigenvalue weighted by Crippen LogP contribution is -2.33. The highest BCUT2D eigenvalue weighted by Crippen LogP contribution is 2.14. The van der Waals surface area contributed by atoms with Gasteiger partial charge in [-0.1, -0.05) is 35.5 Å². The molecule has 21 heavy (non-hydrogen) atoms. The summed E-state index contributed by atoms with van der Waals surface area (Å²) in [5.41, 5.74) is 0.475. The fourth-order valence-corrected chi connectivity index (χ4v) is 1.77. The minimum atomic E-state index is -1.16. The predicted molar refractivity (Wildman–Crippen MR) is 71.5 cm³/mol. The Labute approximate surface area is 120 Å².